The van der Waals surface area contributed by atoms with Crippen LogP contribution in [0.4, 0.5) is 5.69 Å². The number of halogens is 2. The number of piperazine rings is 1. The molecule has 3 aromatic rings. The minimum Gasteiger partial charge on any atom is -0.368 e. The molecule has 4 rings (SSSR count). The predicted molar refractivity (Wildman–Crippen MR) is 143 cm³/mol. The molecule has 3 aromatic carbocycles. The van der Waals surface area contributed by atoms with Crippen LogP contribution in [0.25, 0.3) is 0 Å². The molecule has 0 aromatic heterocycles. The lowest BCUT2D eigenvalue weighted by Crippen LogP contribution is -2.55. The molecular weight excluding hydrogens is 550 g/mol. The van der Waals surface area contributed by atoms with Crippen LogP contribution in [0.1, 0.15) is 11.1 Å². The van der Waals surface area contributed by atoms with Crippen molar-refractivity contribution in [1.29, 1.82) is 0 Å². The summed E-state index contributed by atoms with van der Waals surface area (Å²) in [6.45, 7) is 4.32. The Bertz CT molecular complexity index is 1280. The van der Waals surface area contributed by atoms with Crippen LogP contribution >= 0.6 is 27.5 Å². The topological polar surface area (TPSA) is 69.7 Å². The summed E-state index contributed by atoms with van der Waals surface area (Å²) in [5.41, 5.74) is 3.07. The van der Waals surface area contributed by atoms with Crippen molar-refractivity contribution in [3.05, 3.63) is 93.4 Å². The second-order valence-electron chi connectivity index (χ2n) is 8.56. The Morgan fingerprint density at radius 1 is 1.00 bits per heavy atom. The van der Waals surface area contributed by atoms with Gasteiger partial charge in [0.1, 0.15) is 6.04 Å². The van der Waals surface area contributed by atoms with Crippen molar-refractivity contribution < 1.29 is 13.2 Å². The van der Waals surface area contributed by atoms with Gasteiger partial charge in [0.05, 0.1) is 4.90 Å². The molecule has 1 heterocycles. The molecule has 0 saturated carbocycles. The van der Waals surface area contributed by atoms with Crippen molar-refractivity contribution in [1.82, 2.24) is 9.62 Å². The minimum absolute atomic E-state index is 0.118. The lowest BCUT2D eigenvalue weighted by molar-refractivity contribution is -0.133. The maximum atomic E-state index is 13.6. The van der Waals surface area contributed by atoms with Gasteiger partial charge < -0.3 is 9.80 Å². The first-order valence-electron chi connectivity index (χ1n) is 11.3. The molecule has 1 aliphatic rings. The van der Waals surface area contributed by atoms with E-state index in [2.05, 4.69) is 25.6 Å². The fraction of sp³-hybridized carbons (Fsp3) is 0.269. The number of anilines is 1. The number of rotatable bonds is 7. The normalized spacial score (nSPS) is 15.2. The zero-order chi connectivity index (χ0) is 25.0. The number of benzene rings is 3. The minimum atomic E-state index is -3.89. The number of hydrogen-bond donors (Lipinski definition) is 1. The van der Waals surface area contributed by atoms with E-state index in [4.69, 9.17) is 11.6 Å². The Labute approximate surface area is 220 Å². The van der Waals surface area contributed by atoms with Gasteiger partial charge in [-0.3, -0.25) is 4.79 Å². The summed E-state index contributed by atoms with van der Waals surface area (Å²) in [5, 5.41) is 0.675. The quantitative estimate of drug-likeness (QED) is 0.445. The summed E-state index contributed by atoms with van der Waals surface area (Å²) < 4.78 is 29.7. The van der Waals surface area contributed by atoms with Gasteiger partial charge in [-0.1, -0.05) is 63.9 Å². The number of sulfonamides is 1. The van der Waals surface area contributed by atoms with Gasteiger partial charge in [0, 0.05) is 41.4 Å². The van der Waals surface area contributed by atoms with Crippen LogP contribution in [0, 0.1) is 6.92 Å². The van der Waals surface area contributed by atoms with Crippen molar-refractivity contribution in [3.63, 3.8) is 0 Å². The van der Waals surface area contributed by atoms with Gasteiger partial charge in [0.25, 0.3) is 0 Å². The Morgan fingerprint density at radius 2 is 1.66 bits per heavy atom. The van der Waals surface area contributed by atoms with Gasteiger partial charge in [-0.15, -0.1) is 0 Å². The maximum absolute atomic E-state index is 13.6. The van der Waals surface area contributed by atoms with Gasteiger partial charge in [0.15, 0.2) is 0 Å². The van der Waals surface area contributed by atoms with Crippen molar-refractivity contribution in [2.45, 2.75) is 24.3 Å². The van der Waals surface area contributed by atoms with Crippen molar-refractivity contribution in [3.8, 4) is 0 Å². The van der Waals surface area contributed by atoms with Crippen LogP contribution in [0.5, 0.6) is 0 Å². The third-order valence-electron chi connectivity index (χ3n) is 6.11. The van der Waals surface area contributed by atoms with Gasteiger partial charge in [-0.25, -0.2) is 8.42 Å². The summed E-state index contributed by atoms with van der Waals surface area (Å²) in [6, 6.07) is 20.7. The maximum Gasteiger partial charge on any atom is 0.241 e. The molecule has 1 aliphatic heterocycles. The number of hydrogen-bond acceptors (Lipinski definition) is 4. The molecule has 0 aliphatic carbocycles. The van der Waals surface area contributed by atoms with Crippen LogP contribution in [-0.2, 0) is 21.2 Å². The van der Waals surface area contributed by atoms with Crippen LogP contribution in [0.2, 0.25) is 5.02 Å². The van der Waals surface area contributed by atoms with E-state index in [1.54, 1.807) is 17.0 Å². The average molecular weight is 577 g/mol. The number of carbonyl (C=O) groups excluding carboxylic acids is 1. The molecule has 0 bridgehead atoms. The van der Waals surface area contributed by atoms with E-state index in [0.29, 0.717) is 31.2 Å². The highest BCUT2D eigenvalue weighted by Crippen LogP contribution is 2.25. The number of nitrogens with one attached hydrogen (secondary N) is 1. The number of amides is 1. The second-order valence-corrected chi connectivity index (χ2v) is 11.6. The molecule has 9 heteroatoms. The lowest BCUT2D eigenvalue weighted by Gasteiger charge is -2.38. The standard InChI is InChI=1S/C26H27BrClN3O3S/c1-19-7-10-22(28)18-25(19)30-13-15-31(16-14-30)26(32)24(17-20-5-3-2-4-6-20)29-35(33,34)23-11-8-21(27)9-12-23/h2-12,18,24,29H,13-17H2,1H3/t24-/m1/s1. The van der Waals surface area contributed by atoms with Crippen molar-refractivity contribution >= 4 is 49.1 Å². The average Bonchev–Trinajstić information content (AvgIpc) is 2.85. The van der Waals surface area contributed by atoms with E-state index in [0.717, 1.165) is 21.3 Å². The molecule has 1 N–H and O–H groups in total. The highest BCUT2D eigenvalue weighted by molar-refractivity contribution is 9.10. The molecule has 1 atom stereocenters. The highest BCUT2D eigenvalue weighted by atomic mass is 79.9. The number of nitrogens with zero attached hydrogens (tertiary/aromatic N) is 2. The van der Waals surface area contributed by atoms with Crippen LogP contribution < -0.4 is 9.62 Å². The Balaban J connectivity index is 1.51. The smallest absolute Gasteiger partial charge is 0.241 e. The first-order chi connectivity index (χ1) is 16.7. The van der Waals surface area contributed by atoms with E-state index in [9.17, 15) is 13.2 Å². The lowest BCUT2D eigenvalue weighted by atomic mass is 10.1. The van der Waals surface area contributed by atoms with Gasteiger partial charge in [0.2, 0.25) is 15.9 Å². The molecule has 0 radical (unpaired) electrons. The molecule has 1 fully saturated rings. The van der Waals surface area contributed by atoms with E-state index >= 15 is 0 Å². The van der Waals surface area contributed by atoms with Crippen molar-refractivity contribution in [2.75, 3.05) is 31.1 Å². The zero-order valence-corrected chi connectivity index (χ0v) is 22.5. The largest absolute Gasteiger partial charge is 0.368 e. The fourth-order valence-electron chi connectivity index (χ4n) is 4.21. The number of carbonyl (C=O) groups is 1. The molecule has 0 spiro atoms. The first-order valence-corrected chi connectivity index (χ1v) is 14.0. The van der Waals surface area contributed by atoms with Crippen LogP contribution in [0.15, 0.2) is 82.2 Å². The predicted octanol–water partition coefficient (Wildman–Crippen LogP) is 4.65. The van der Waals surface area contributed by atoms with Crippen molar-refractivity contribution in [2.24, 2.45) is 0 Å². The highest BCUT2D eigenvalue weighted by Gasteiger charge is 2.31. The Morgan fingerprint density at radius 3 is 2.31 bits per heavy atom. The van der Waals surface area contributed by atoms with Crippen LogP contribution in [0.3, 0.4) is 0 Å². The van der Waals surface area contributed by atoms with Gasteiger partial charge >= 0.3 is 0 Å². The van der Waals surface area contributed by atoms with Gasteiger partial charge in [-0.2, -0.15) is 4.72 Å². The third kappa shape index (κ3) is 6.44. The summed E-state index contributed by atoms with van der Waals surface area (Å²) in [6.07, 6.45) is 0.267. The van der Waals surface area contributed by atoms with E-state index in [1.165, 1.54) is 12.1 Å². The summed E-state index contributed by atoms with van der Waals surface area (Å²) in [4.78, 5) is 17.7. The second kappa shape index (κ2) is 11.1. The monoisotopic (exact) mass is 575 g/mol. The first kappa shape index (κ1) is 25.7. The summed E-state index contributed by atoms with van der Waals surface area (Å²) in [7, 11) is -3.89. The molecule has 0 unspecified atom stereocenters. The van der Waals surface area contributed by atoms with E-state index in [-0.39, 0.29) is 17.2 Å². The van der Waals surface area contributed by atoms with E-state index in [1.807, 2.05) is 55.5 Å². The Kier molecular flexibility index (Phi) is 8.16. The van der Waals surface area contributed by atoms with Gasteiger partial charge in [-0.05, 0) is 60.9 Å². The zero-order valence-electron chi connectivity index (χ0n) is 19.3. The fourth-order valence-corrected chi connectivity index (χ4v) is 5.83. The molecule has 184 valence electrons. The molecule has 35 heavy (non-hydrogen) atoms. The third-order valence-corrected chi connectivity index (χ3v) is 8.36. The summed E-state index contributed by atoms with van der Waals surface area (Å²) in [5.74, 6) is -0.225. The van der Waals surface area contributed by atoms with Crippen LogP contribution in [-0.4, -0.2) is 51.4 Å². The Hall–Kier alpha value is -2.39. The summed E-state index contributed by atoms with van der Waals surface area (Å²) >= 11 is 9.52. The van der Waals surface area contributed by atoms with E-state index < -0.39 is 16.1 Å². The SMILES string of the molecule is Cc1ccc(Cl)cc1N1CCN(C(=O)[C@@H](Cc2ccccc2)NS(=O)(=O)c2ccc(Br)cc2)CC1. The molecular formula is C26H27BrClN3O3S. The number of aryl methyl sites for hydroxylation is 1. The molecule has 6 nitrogen and oxygen atoms in total. The molecule has 1 amide bonds. The molecule has 1 saturated heterocycles.